The lowest BCUT2D eigenvalue weighted by Gasteiger charge is -2.37. The second-order valence-electron chi connectivity index (χ2n) is 8.21. The number of hydrogen-bond acceptors (Lipinski definition) is 6. The van der Waals surface area contributed by atoms with Gasteiger partial charge in [-0.05, 0) is 68.5 Å². The number of anilines is 1. The van der Waals surface area contributed by atoms with Gasteiger partial charge in [-0.25, -0.2) is 14.2 Å². The van der Waals surface area contributed by atoms with E-state index < -0.39 is 12.0 Å². The third-order valence-corrected chi connectivity index (χ3v) is 6.57. The van der Waals surface area contributed by atoms with Gasteiger partial charge in [0.1, 0.15) is 5.82 Å². The van der Waals surface area contributed by atoms with Crippen LogP contribution in [0.4, 0.5) is 10.1 Å². The molecule has 1 amide bonds. The average Bonchev–Trinajstić information content (AvgIpc) is 3.16. The van der Waals surface area contributed by atoms with Crippen LogP contribution in [0.1, 0.15) is 43.0 Å². The van der Waals surface area contributed by atoms with Crippen LogP contribution < -0.4 is 5.32 Å². The summed E-state index contributed by atoms with van der Waals surface area (Å²) in [6, 6.07) is 11.3. The molecule has 0 saturated carbocycles. The molecule has 0 bridgehead atoms. The number of nitrogens with one attached hydrogen (secondary N) is 1. The van der Waals surface area contributed by atoms with Crippen LogP contribution in [0.25, 0.3) is 0 Å². The van der Waals surface area contributed by atoms with Gasteiger partial charge in [0.2, 0.25) is 5.91 Å². The van der Waals surface area contributed by atoms with E-state index in [1.807, 2.05) is 43.2 Å². The van der Waals surface area contributed by atoms with Crippen molar-refractivity contribution in [2.24, 2.45) is 4.99 Å². The maximum Gasteiger partial charge on any atom is 0.338 e. The SMILES string of the molecule is CCOC(=O)C1=C(C)N=C2SC=C(CC(=O)Nc3ccc(F)cc3)N2[C@H]1c1ccc(C)cc1C. The lowest BCUT2D eigenvalue weighted by atomic mass is 9.90. The second kappa shape index (κ2) is 9.85. The van der Waals surface area contributed by atoms with Crippen molar-refractivity contribution >= 4 is 34.5 Å². The van der Waals surface area contributed by atoms with E-state index in [9.17, 15) is 14.0 Å². The van der Waals surface area contributed by atoms with E-state index >= 15 is 0 Å². The molecular weight excluding hydrogens is 453 g/mol. The Morgan fingerprint density at radius 3 is 2.56 bits per heavy atom. The summed E-state index contributed by atoms with van der Waals surface area (Å²) in [6.45, 7) is 7.87. The van der Waals surface area contributed by atoms with Crippen molar-refractivity contribution in [3.8, 4) is 0 Å². The van der Waals surface area contributed by atoms with Gasteiger partial charge >= 0.3 is 5.97 Å². The quantitative estimate of drug-likeness (QED) is 0.546. The number of ether oxygens (including phenoxy) is 1. The van der Waals surface area contributed by atoms with E-state index in [-0.39, 0.29) is 24.8 Å². The van der Waals surface area contributed by atoms with Crippen molar-refractivity contribution < 1.29 is 18.7 Å². The lowest BCUT2D eigenvalue weighted by Crippen LogP contribution is -2.37. The summed E-state index contributed by atoms with van der Waals surface area (Å²) in [5.74, 6) is -1.03. The predicted molar refractivity (Wildman–Crippen MR) is 133 cm³/mol. The van der Waals surface area contributed by atoms with Gasteiger partial charge in [0.15, 0.2) is 5.17 Å². The summed E-state index contributed by atoms with van der Waals surface area (Å²) in [5, 5.41) is 5.40. The van der Waals surface area contributed by atoms with Crippen molar-refractivity contribution in [1.29, 1.82) is 0 Å². The molecule has 176 valence electrons. The maximum absolute atomic E-state index is 13.2. The summed E-state index contributed by atoms with van der Waals surface area (Å²) in [7, 11) is 0. The fraction of sp³-hybridized carbons (Fsp3) is 0.269. The number of benzene rings is 2. The molecule has 2 aromatic carbocycles. The minimum atomic E-state index is -0.466. The molecule has 0 aliphatic carbocycles. The molecule has 4 rings (SSSR count). The molecule has 2 aromatic rings. The van der Waals surface area contributed by atoms with Crippen LogP contribution in [0.2, 0.25) is 0 Å². The zero-order valence-corrected chi connectivity index (χ0v) is 20.3. The van der Waals surface area contributed by atoms with Crippen molar-refractivity contribution in [2.45, 2.75) is 40.2 Å². The number of amides is 1. The number of aryl methyl sites for hydroxylation is 2. The van der Waals surface area contributed by atoms with E-state index in [0.717, 1.165) is 22.4 Å². The van der Waals surface area contributed by atoms with Gasteiger partial charge in [-0.2, -0.15) is 0 Å². The Hall–Kier alpha value is -3.39. The normalized spacial score (nSPS) is 17.2. The van der Waals surface area contributed by atoms with E-state index in [1.165, 1.54) is 36.0 Å². The topological polar surface area (TPSA) is 71.0 Å². The Morgan fingerprint density at radius 1 is 1.15 bits per heavy atom. The van der Waals surface area contributed by atoms with E-state index in [1.54, 1.807) is 6.92 Å². The summed E-state index contributed by atoms with van der Waals surface area (Å²) >= 11 is 1.42. The first-order valence-corrected chi connectivity index (χ1v) is 11.9. The number of amidine groups is 1. The molecule has 0 saturated heterocycles. The lowest BCUT2D eigenvalue weighted by molar-refractivity contribution is -0.139. The van der Waals surface area contributed by atoms with Crippen molar-refractivity contribution in [3.63, 3.8) is 0 Å². The largest absolute Gasteiger partial charge is 0.463 e. The number of carbonyl (C=O) groups excluding carboxylic acids is 2. The van der Waals surface area contributed by atoms with Gasteiger partial charge in [-0.1, -0.05) is 35.5 Å². The molecule has 1 atom stereocenters. The highest BCUT2D eigenvalue weighted by Crippen LogP contribution is 2.45. The maximum atomic E-state index is 13.2. The van der Waals surface area contributed by atoms with Crippen molar-refractivity contribution in [1.82, 2.24) is 4.90 Å². The molecule has 2 aliphatic rings. The Bertz CT molecular complexity index is 1230. The third kappa shape index (κ3) is 4.77. The number of esters is 1. The number of halogens is 1. The number of allylic oxidation sites excluding steroid dienone is 1. The van der Waals surface area contributed by atoms with Crippen LogP contribution >= 0.6 is 11.8 Å². The predicted octanol–water partition coefficient (Wildman–Crippen LogP) is 5.61. The van der Waals surface area contributed by atoms with Crippen LogP contribution in [0, 0.1) is 19.7 Å². The minimum absolute atomic E-state index is 0.0694. The van der Waals surface area contributed by atoms with Gasteiger partial charge < -0.3 is 15.0 Å². The monoisotopic (exact) mass is 479 g/mol. The molecule has 1 N–H and O–H groups in total. The molecule has 6 nitrogen and oxygen atoms in total. The van der Waals surface area contributed by atoms with Gasteiger partial charge in [0.05, 0.1) is 30.3 Å². The second-order valence-corrected chi connectivity index (χ2v) is 9.04. The number of carbonyl (C=O) groups is 2. The molecule has 2 aliphatic heterocycles. The number of nitrogens with zero attached hydrogens (tertiary/aromatic N) is 2. The highest BCUT2D eigenvalue weighted by molar-refractivity contribution is 8.16. The van der Waals surface area contributed by atoms with Gasteiger partial charge in [-0.3, -0.25) is 4.79 Å². The standard InChI is InChI=1S/C26H26FN3O3S/c1-5-33-25(32)23-17(4)28-26-30(24(23)21-11-6-15(2)12-16(21)3)20(14-34-26)13-22(31)29-19-9-7-18(27)8-10-19/h6-12,14,24H,5,13H2,1-4H3,(H,29,31)/t24-/m0/s1. The molecular formula is C26H26FN3O3S. The number of thioether (sulfide) groups is 1. The summed E-state index contributed by atoms with van der Waals surface area (Å²) in [6.07, 6.45) is 0.0694. The molecule has 0 fully saturated rings. The fourth-order valence-corrected chi connectivity index (χ4v) is 5.13. The molecule has 34 heavy (non-hydrogen) atoms. The first-order chi connectivity index (χ1) is 16.3. The van der Waals surface area contributed by atoms with Crippen LogP contribution in [0.5, 0.6) is 0 Å². The average molecular weight is 480 g/mol. The van der Waals surface area contributed by atoms with Crippen LogP contribution in [-0.4, -0.2) is 28.6 Å². The number of aliphatic imine (C=N–C) groups is 1. The molecule has 0 aromatic heterocycles. The third-order valence-electron chi connectivity index (χ3n) is 5.69. The van der Waals surface area contributed by atoms with E-state index in [0.29, 0.717) is 22.1 Å². The molecule has 0 spiro atoms. The molecule has 0 unspecified atom stereocenters. The zero-order chi connectivity index (χ0) is 24.4. The highest BCUT2D eigenvalue weighted by Gasteiger charge is 2.41. The Labute approximate surface area is 202 Å². The summed E-state index contributed by atoms with van der Waals surface area (Å²) < 4.78 is 18.6. The number of fused-ring (bicyclic) bond motifs is 1. The fourth-order valence-electron chi connectivity index (χ4n) is 4.17. The van der Waals surface area contributed by atoms with Gasteiger partial charge in [0.25, 0.3) is 0 Å². The van der Waals surface area contributed by atoms with Gasteiger partial charge in [0, 0.05) is 11.4 Å². The van der Waals surface area contributed by atoms with Crippen LogP contribution in [-0.2, 0) is 14.3 Å². The van der Waals surface area contributed by atoms with E-state index in [4.69, 9.17) is 4.74 Å². The van der Waals surface area contributed by atoms with Crippen molar-refractivity contribution in [3.05, 3.63) is 87.3 Å². The number of hydrogen-bond donors (Lipinski definition) is 1. The Morgan fingerprint density at radius 2 is 1.88 bits per heavy atom. The zero-order valence-electron chi connectivity index (χ0n) is 19.5. The van der Waals surface area contributed by atoms with Crippen LogP contribution in [0.3, 0.4) is 0 Å². The first kappa shape index (κ1) is 23.8. The smallest absolute Gasteiger partial charge is 0.338 e. The first-order valence-electron chi connectivity index (χ1n) is 11.0. The van der Waals surface area contributed by atoms with Crippen LogP contribution in [0.15, 0.2) is 69.8 Å². The van der Waals surface area contributed by atoms with Gasteiger partial charge in [-0.15, -0.1) is 0 Å². The van der Waals surface area contributed by atoms with Crippen molar-refractivity contribution in [2.75, 3.05) is 11.9 Å². The number of rotatable bonds is 6. The summed E-state index contributed by atoms with van der Waals surface area (Å²) in [4.78, 5) is 32.5. The van der Waals surface area contributed by atoms with E-state index in [2.05, 4.69) is 16.4 Å². The molecule has 2 heterocycles. The minimum Gasteiger partial charge on any atom is -0.463 e. The summed E-state index contributed by atoms with van der Waals surface area (Å²) in [5.41, 5.74) is 5.41. The molecule has 8 heteroatoms. The Kier molecular flexibility index (Phi) is 6.88. The Balaban J connectivity index is 1.69. The highest BCUT2D eigenvalue weighted by atomic mass is 32.2. The molecule has 0 radical (unpaired) electrons.